The zero-order chi connectivity index (χ0) is 25.9. The molecule has 0 spiro atoms. The number of hydrogen-bond donors (Lipinski definition) is 1. The van der Waals surface area contributed by atoms with Crippen molar-refractivity contribution in [1.82, 2.24) is 32.7 Å². The summed E-state index contributed by atoms with van der Waals surface area (Å²) in [5.74, 6) is 2.48. The third kappa shape index (κ3) is 5.43. The number of aromatic amines is 1. The standard InChI is InChI=1S/C29H24IN7O/c1-20-7-5-12-25(33-20)29-28(22-13-14-27-31-19-32-37(27)17-22)34-26(35-29)18-36(30)16-21-8-6-11-24(15-21)38-23-9-3-2-4-10-23/h2-15,17,19H,16,18H2,1H3,(H,34,35). The normalized spacial score (nSPS) is 11.3. The molecule has 188 valence electrons. The lowest BCUT2D eigenvalue weighted by molar-refractivity contribution is 0.472. The van der Waals surface area contributed by atoms with Crippen LogP contribution in [0.15, 0.2) is 97.5 Å². The smallest absolute Gasteiger partial charge is 0.155 e. The van der Waals surface area contributed by atoms with Crippen molar-refractivity contribution in [2.75, 3.05) is 0 Å². The number of H-pyrrole nitrogens is 1. The molecular weight excluding hydrogens is 589 g/mol. The Morgan fingerprint density at radius 1 is 0.895 bits per heavy atom. The Hall–Kier alpha value is -4.09. The van der Waals surface area contributed by atoms with Crippen molar-refractivity contribution in [3.05, 3.63) is 115 Å². The Bertz CT molecular complexity index is 1700. The van der Waals surface area contributed by atoms with Crippen LogP contribution in [0.1, 0.15) is 17.1 Å². The summed E-state index contributed by atoms with van der Waals surface area (Å²) in [5.41, 5.74) is 6.39. The number of para-hydroxylation sites is 1. The van der Waals surface area contributed by atoms with E-state index in [1.807, 2.05) is 85.9 Å². The first-order valence-electron chi connectivity index (χ1n) is 12.2. The van der Waals surface area contributed by atoms with Crippen molar-refractivity contribution in [2.45, 2.75) is 20.0 Å². The van der Waals surface area contributed by atoms with E-state index < -0.39 is 0 Å². The van der Waals surface area contributed by atoms with Crippen molar-refractivity contribution in [3.63, 3.8) is 0 Å². The fourth-order valence-electron chi connectivity index (χ4n) is 4.28. The van der Waals surface area contributed by atoms with Crippen LogP contribution >= 0.6 is 22.9 Å². The first kappa shape index (κ1) is 24.3. The summed E-state index contributed by atoms with van der Waals surface area (Å²) in [6, 6.07) is 27.9. The van der Waals surface area contributed by atoms with Gasteiger partial charge in [-0.1, -0.05) is 36.4 Å². The molecule has 9 heteroatoms. The van der Waals surface area contributed by atoms with Crippen LogP contribution in [0.4, 0.5) is 0 Å². The molecule has 0 radical (unpaired) electrons. The molecule has 38 heavy (non-hydrogen) atoms. The van der Waals surface area contributed by atoms with Crippen LogP contribution in [0, 0.1) is 6.92 Å². The largest absolute Gasteiger partial charge is 0.457 e. The molecule has 2 aromatic carbocycles. The van der Waals surface area contributed by atoms with Crippen LogP contribution in [0.3, 0.4) is 0 Å². The lowest BCUT2D eigenvalue weighted by Crippen LogP contribution is -2.11. The monoisotopic (exact) mass is 613 g/mol. The summed E-state index contributed by atoms with van der Waals surface area (Å²) >= 11 is 2.34. The van der Waals surface area contributed by atoms with Gasteiger partial charge < -0.3 is 9.72 Å². The van der Waals surface area contributed by atoms with Gasteiger partial charge in [0.1, 0.15) is 23.7 Å². The average Bonchev–Trinajstić information content (AvgIpc) is 3.56. The number of aryl methyl sites for hydroxylation is 1. The van der Waals surface area contributed by atoms with Gasteiger partial charge in [0, 0.05) is 46.9 Å². The minimum absolute atomic E-state index is 0.620. The van der Waals surface area contributed by atoms with Gasteiger partial charge in [-0.25, -0.2) is 17.6 Å². The van der Waals surface area contributed by atoms with Gasteiger partial charge in [0.2, 0.25) is 0 Å². The van der Waals surface area contributed by atoms with E-state index in [4.69, 9.17) is 14.7 Å². The van der Waals surface area contributed by atoms with E-state index in [1.165, 1.54) is 0 Å². The van der Waals surface area contributed by atoms with Crippen LogP contribution in [0.2, 0.25) is 0 Å². The molecule has 0 unspecified atom stereocenters. The Kier molecular flexibility index (Phi) is 6.84. The topological polar surface area (TPSA) is 84.2 Å². The molecule has 6 rings (SSSR count). The molecule has 0 atom stereocenters. The van der Waals surface area contributed by atoms with Gasteiger partial charge in [-0.3, -0.25) is 4.98 Å². The second-order valence-electron chi connectivity index (χ2n) is 8.89. The van der Waals surface area contributed by atoms with Gasteiger partial charge in [0.05, 0.1) is 23.6 Å². The SMILES string of the molecule is Cc1cccc(-c2[nH]c(CN(I)Cc3cccc(Oc4ccccc4)c3)nc2-c2ccc3ncnn3c2)n1. The molecule has 0 amide bonds. The third-order valence-electron chi connectivity index (χ3n) is 6.00. The van der Waals surface area contributed by atoms with E-state index >= 15 is 0 Å². The van der Waals surface area contributed by atoms with E-state index in [0.717, 1.165) is 63.4 Å². The highest BCUT2D eigenvalue weighted by atomic mass is 127. The van der Waals surface area contributed by atoms with Gasteiger partial charge in [0.25, 0.3) is 0 Å². The minimum Gasteiger partial charge on any atom is -0.457 e. The first-order valence-corrected chi connectivity index (χ1v) is 13.1. The second kappa shape index (κ2) is 10.7. The number of pyridine rings is 2. The van der Waals surface area contributed by atoms with Gasteiger partial charge in [-0.05, 0) is 61.0 Å². The van der Waals surface area contributed by atoms with E-state index in [2.05, 4.69) is 53.2 Å². The molecule has 4 heterocycles. The maximum atomic E-state index is 6.01. The lowest BCUT2D eigenvalue weighted by Gasteiger charge is -2.14. The summed E-state index contributed by atoms with van der Waals surface area (Å²) in [6.45, 7) is 3.34. The Morgan fingerprint density at radius 3 is 2.61 bits per heavy atom. The number of nitrogens with one attached hydrogen (secondary N) is 1. The van der Waals surface area contributed by atoms with E-state index in [1.54, 1.807) is 10.8 Å². The summed E-state index contributed by atoms with van der Waals surface area (Å²) in [5, 5.41) is 4.29. The number of benzene rings is 2. The Labute approximate surface area is 233 Å². The molecule has 6 aromatic rings. The fraction of sp³-hybridized carbons (Fsp3) is 0.103. The number of fused-ring (bicyclic) bond motifs is 1. The molecule has 1 N–H and O–H groups in total. The highest BCUT2D eigenvalue weighted by Gasteiger charge is 2.18. The van der Waals surface area contributed by atoms with Crippen LogP contribution in [-0.2, 0) is 13.1 Å². The summed E-state index contributed by atoms with van der Waals surface area (Å²) in [7, 11) is 0. The highest BCUT2D eigenvalue weighted by Crippen LogP contribution is 2.30. The van der Waals surface area contributed by atoms with Crippen molar-refractivity contribution in [1.29, 1.82) is 0 Å². The number of rotatable bonds is 8. The molecule has 0 aliphatic carbocycles. The lowest BCUT2D eigenvalue weighted by atomic mass is 10.1. The summed E-state index contributed by atoms with van der Waals surface area (Å²) in [4.78, 5) is 17.5. The fourth-order valence-corrected chi connectivity index (χ4v) is 5.00. The molecule has 4 aromatic heterocycles. The van der Waals surface area contributed by atoms with E-state index in [-0.39, 0.29) is 0 Å². The zero-order valence-corrected chi connectivity index (χ0v) is 22.8. The maximum absolute atomic E-state index is 6.01. The van der Waals surface area contributed by atoms with Crippen LogP contribution in [-0.4, -0.2) is 32.7 Å². The number of halogens is 1. The molecular formula is C29H24IN7O. The van der Waals surface area contributed by atoms with Crippen molar-refractivity contribution < 1.29 is 4.74 Å². The summed E-state index contributed by atoms with van der Waals surface area (Å²) < 4.78 is 9.96. The molecule has 0 fully saturated rings. The second-order valence-corrected chi connectivity index (χ2v) is 10.3. The maximum Gasteiger partial charge on any atom is 0.155 e. The highest BCUT2D eigenvalue weighted by molar-refractivity contribution is 14.1. The van der Waals surface area contributed by atoms with Crippen molar-refractivity contribution >= 4 is 28.5 Å². The molecule has 8 nitrogen and oxygen atoms in total. The molecule has 0 aliphatic heterocycles. The number of ether oxygens (including phenoxy) is 1. The van der Waals surface area contributed by atoms with Gasteiger partial charge in [0.15, 0.2) is 5.65 Å². The third-order valence-corrected chi connectivity index (χ3v) is 6.68. The van der Waals surface area contributed by atoms with Crippen LogP contribution < -0.4 is 4.74 Å². The van der Waals surface area contributed by atoms with Crippen LogP contribution in [0.25, 0.3) is 28.3 Å². The first-order chi connectivity index (χ1) is 18.6. The predicted octanol–water partition coefficient (Wildman–Crippen LogP) is 6.63. The number of hydrogen-bond acceptors (Lipinski definition) is 6. The molecule has 0 saturated heterocycles. The number of imidazole rings is 1. The van der Waals surface area contributed by atoms with Gasteiger partial charge in [-0.2, -0.15) is 5.10 Å². The van der Waals surface area contributed by atoms with E-state index in [0.29, 0.717) is 6.54 Å². The molecule has 0 bridgehead atoms. The van der Waals surface area contributed by atoms with Crippen LogP contribution in [0.5, 0.6) is 11.5 Å². The van der Waals surface area contributed by atoms with Crippen molar-refractivity contribution in [3.8, 4) is 34.1 Å². The van der Waals surface area contributed by atoms with Gasteiger partial charge >= 0.3 is 0 Å². The molecule has 0 saturated carbocycles. The van der Waals surface area contributed by atoms with E-state index in [9.17, 15) is 0 Å². The van der Waals surface area contributed by atoms with Crippen molar-refractivity contribution in [2.24, 2.45) is 0 Å². The quantitative estimate of drug-likeness (QED) is 0.153. The zero-order valence-electron chi connectivity index (χ0n) is 20.6. The number of nitrogens with zero attached hydrogens (tertiary/aromatic N) is 6. The molecule has 0 aliphatic rings. The Balaban J connectivity index is 1.25. The predicted molar refractivity (Wildman–Crippen MR) is 155 cm³/mol. The minimum atomic E-state index is 0.620. The van der Waals surface area contributed by atoms with Gasteiger partial charge in [-0.15, -0.1) is 0 Å². The summed E-state index contributed by atoms with van der Waals surface area (Å²) in [6.07, 6.45) is 3.49. The number of aromatic nitrogens is 6. The Morgan fingerprint density at radius 2 is 1.74 bits per heavy atom. The average molecular weight is 613 g/mol.